The maximum Gasteiger partial charge on any atom is 0.263 e. The molecule has 4 rings (SSSR count). The smallest absolute Gasteiger partial charge is 0.263 e. The van der Waals surface area contributed by atoms with E-state index in [0.717, 1.165) is 42.8 Å². The van der Waals surface area contributed by atoms with Gasteiger partial charge < -0.3 is 19.7 Å². The number of benzene rings is 1. The van der Waals surface area contributed by atoms with Gasteiger partial charge >= 0.3 is 0 Å². The van der Waals surface area contributed by atoms with E-state index in [-0.39, 0.29) is 5.91 Å². The molecule has 0 saturated carbocycles. The number of hydrogen-bond donors (Lipinski definition) is 1. The highest BCUT2D eigenvalue weighted by atomic mass is 32.1. The Bertz CT molecular complexity index is 833. The first-order valence-electron chi connectivity index (χ1n) is 9.78. The highest BCUT2D eigenvalue weighted by molar-refractivity contribution is 7.17. The number of piperazine rings is 1. The van der Waals surface area contributed by atoms with E-state index in [2.05, 4.69) is 39.2 Å². The first kappa shape index (κ1) is 19.0. The molecule has 0 bridgehead atoms. The Morgan fingerprint density at radius 1 is 1.21 bits per heavy atom. The lowest BCUT2D eigenvalue weighted by Gasteiger charge is -2.38. The number of hydrogen-bond acceptors (Lipinski definition) is 7. The van der Waals surface area contributed by atoms with Crippen LogP contribution in [-0.4, -0.2) is 61.7 Å². The van der Waals surface area contributed by atoms with Gasteiger partial charge in [0.25, 0.3) is 5.91 Å². The maximum atomic E-state index is 12.0. The molecule has 2 aromatic rings. The standard InChI is InChI=1S/C20H26N4O3S/c1-3-21-19(25)18-13-22-20(28-18)24-8-6-23(7-9-24)14(2)15-4-5-16-17(12-15)27-11-10-26-16/h4-5,12-14H,3,6-11H2,1-2H3,(H,21,25)/t14-/m0/s1. The van der Waals surface area contributed by atoms with Crippen LogP contribution in [-0.2, 0) is 0 Å². The summed E-state index contributed by atoms with van der Waals surface area (Å²) in [5, 5.41) is 3.75. The minimum atomic E-state index is -0.0443. The summed E-state index contributed by atoms with van der Waals surface area (Å²) in [4.78, 5) is 21.8. The van der Waals surface area contributed by atoms with E-state index in [4.69, 9.17) is 9.47 Å². The lowest BCUT2D eigenvalue weighted by atomic mass is 10.1. The second-order valence-corrected chi connectivity index (χ2v) is 7.98. The zero-order valence-electron chi connectivity index (χ0n) is 16.3. The fourth-order valence-corrected chi connectivity index (χ4v) is 4.48. The predicted octanol–water partition coefficient (Wildman–Crippen LogP) is 2.55. The maximum absolute atomic E-state index is 12.0. The summed E-state index contributed by atoms with van der Waals surface area (Å²) in [6, 6.07) is 6.55. The zero-order valence-corrected chi connectivity index (χ0v) is 17.1. The Morgan fingerprint density at radius 3 is 2.71 bits per heavy atom. The molecule has 8 heteroatoms. The van der Waals surface area contributed by atoms with E-state index in [0.29, 0.717) is 30.7 Å². The highest BCUT2D eigenvalue weighted by Crippen LogP contribution is 2.34. The summed E-state index contributed by atoms with van der Waals surface area (Å²) in [5.41, 5.74) is 1.24. The third-order valence-electron chi connectivity index (χ3n) is 5.24. The third kappa shape index (κ3) is 3.93. The summed E-state index contributed by atoms with van der Waals surface area (Å²) >= 11 is 1.46. The third-order valence-corrected chi connectivity index (χ3v) is 6.29. The van der Waals surface area contributed by atoms with Crippen molar-refractivity contribution in [2.75, 3.05) is 50.8 Å². The number of carbonyl (C=O) groups excluding carboxylic acids is 1. The Kier molecular flexibility index (Phi) is 5.68. The van der Waals surface area contributed by atoms with Crippen LogP contribution in [0.2, 0.25) is 0 Å². The molecule has 1 N–H and O–H groups in total. The number of ether oxygens (including phenoxy) is 2. The number of nitrogens with zero attached hydrogens (tertiary/aromatic N) is 3. The average Bonchev–Trinajstić information content (AvgIpc) is 3.24. The van der Waals surface area contributed by atoms with Crippen LogP contribution in [0.15, 0.2) is 24.4 Å². The number of carbonyl (C=O) groups is 1. The molecule has 3 heterocycles. The van der Waals surface area contributed by atoms with Crippen LogP contribution in [0, 0.1) is 0 Å². The van der Waals surface area contributed by atoms with Crippen LogP contribution in [0.25, 0.3) is 0 Å². The average molecular weight is 403 g/mol. The number of rotatable bonds is 5. The van der Waals surface area contributed by atoms with Crippen molar-refractivity contribution in [2.45, 2.75) is 19.9 Å². The Balaban J connectivity index is 1.37. The summed E-state index contributed by atoms with van der Waals surface area (Å²) in [6.45, 7) is 9.70. The van der Waals surface area contributed by atoms with Gasteiger partial charge in [0.15, 0.2) is 16.6 Å². The zero-order chi connectivity index (χ0) is 19.5. The predicted molar refractivity (Wildman–Crippen MR) is 110 cm³/mol. The summed E-state index contributed by atoms with van der Waals surface area (Å²) < 4.78 is 11.3. The summed E-state index contributed by atoms with van der Waals surface area (Å²) in [7, 11) is 0. The van der Waals surface area contributed by atoms with Gasteiger partial charge in [-0.25, -0.2) is 4.98 Å². The van der Waals surface area contributed by atoms with Crippen LogP contribution in [0.1, 0.15) is 35.1 Å². The lowest BCUT2D eigenvalue weighted by molar-refractivity contribution is 0.0959. The molecule has 150 valence electrons. The number of anilines is 1. The largest absolute Gasteiger partial charge is 0.486 e. The molecule has 0 aliphatic carbocycles. The van der Waals surface area contributed by atoms with Gasteiger partial charge in [-0.2, -0.15) is 0 Å². The molecule has 1 atom stereocenters. The van der Waals surface area contributed by atoms with E-state index < -0.39 is 0 Å². The van der Waals surface area contributed by atoms with Crippen molar-refractivity contribution in [2.24, 2.45) is 0 Å². The molecular formula is C20H26N4O3S. The van der Waals surface area contributed by atoms with Crippen LogP contribution < -0.4 is 19.7 Å². The normalized spacial score (nSPS) is 18.0. The van der Waals surface area contributed by atoms with E-state index >= 15 is 0 Å². The van der Waals surface area contributed by atoms with Gasteiger partial charge in [0, 0.05) is 38.8 Å². The second-order valence-electron chi connectivity index (χ2n) is 6.97. The van der Waals surface area contributed by atoms with Crippen LogP contribution in [0.4, 0.5) is 5.13 Å². The molecule has 7 nitrogen and oxygen atoms in total. The van der Waals surface area contributed by atoms with Crippen molar-refractivity contribution < 1.29 is 14.3 Å². The van der Waals surface area contributed by atoms with E-state index in [9.17, 15) is 4.79 Å². The van der Waals surface area contributed by atoms with Crippen LogP contribution in [0.3, 0.4) is 0 Å². The Morgan fingerprint density at radius 2 is 1.96 bits per heavy atom. The molecule has 1 aromatic carbocycles. The molecule has 1 fully saturated rings. The molecule has 2 aliphatic heterocycles. The first-order chi connectivity index (χ1) is 13.7. The van der Waals surface area contributed by atoms with Gasteiger partial charge in [-0.3, -0.25) is 9.69 Å². The van der Waals surface area contributed by atoms with E-state index in [1.54, 1.807) is 6.20 Å². The van der Waals surface area contributed by atoms with Gasteiger partial charge in [0.05, 0.1) is 6.20 Å². The van der Waals surface area contributed by atoms with Crippen LogP contribution >= 0.6 is 11.3 Å². The number of nitrogens with one attached hydrogen (secondary N) is 1. The van der Waals surface area contributed by atoms with E-state index in [1.165, 1.54) is 16.9 Å². The number of amides is 1. The van der Waals surface area contributed by atoms with Crippen molar-refractivity contribution in [1.29, 1.82) is 0 Å². The highest BCUT2D eigenvalue weighted by Gasteiger charge is 2.25. The van der Waals surface area contributed by atoms with Gasteiger partial charge in [-0.05, 0) is 31.5 Å². The minimum Gasteiger partial charge on any atom is -0.486 e. The SMILES string of the molecule is CCNC(=O)c1cnc(N2CCN([C@@H](C)c3ccc4c(c3)OCCO4)CC2)s1. The second kappa shape index (κ2) is 8.36. The van der Waals surface area contributed by atoms with Crippen molar-refractivity contribution in [1.82, 2.24) is 15.2 Å². The van der Waals surface area contributed by atoms with E-state index in [1.807, 2.05) is 13.0 Å². The molecule has 1 saturated heterocycles. The first-order valence-corrected chi connectivity index (χ1v) is 10.6. The monoisotopic (exact) mass is 402 g/mol. The molecule has 0 radical (unpaired) electrons. The molecule has 0 spiro atoms. The molecule has 28 heavy (non-hydrogen) atoms. The molecule has 1 amide bonds. The van der Waals surface area contributed by atoms with Gasteiger partial charge in [0.2, 0.25) is 0 Å². The van der Waals surface area contributed by atoms with Crippen molar-refractivity contribution in [3.63, 3.8) is 0 Å². The fraction of sp³-hybridized carbons (Fsp3) is 0.500. The molecule has 2 aliphatic rings. The molecular weight excluding hydrogens is 376 g/mol. The van der Waals surface area contributed by atoms with Gasteiger partial charge in [-0.1, -0.05) is 17.4 Å². The van der Waals surface area contributed by atoms with Gasteiger partial charge in [0.1, 0.15) is 18.1 Å². The summed E-state index contributed by atoms with van der Waals surface area (Å²) in [5.74, 6) is 1.63. The number of fused-ring (bicyclic) bond motifs is 1. The quantitative estimate of drug-likeness (QED) is 0.829. The molecule has 1 aromatic heterocycles. The Labute approximate surface area is 169 Å². The lowest BCUT2D eigenvalue weighted by Crippen LogP contribution is -2.47. The molecule has 0 unspecified atom stereocenters. The minimum absolute atomic E-state index is 0.0443. The van der Waals surface area contributed by atoms with Crippen molar-refractivity contribution in [3.8, 4) is 11.5 Å². The fourth-order valence-electron chi connectivity index (χ4n) is 3.59. The van der Waals surface area contributed by atoms with Crippen molar-refractivity contribution >= 4 is 22.4 Å². The number of aromatic nitrogens is 1. The topological polar surface area (TPSA) is 66.9 Å². The number of thiazole rings is 1. The summed E-state index contributed by atoms with van der Waals surface area (Å²) in [6.07, 6.45) is 1.68. The Hall–Kier alpha value is -2.32. The van der Waals surface area contributed by atoms with Gasteiger partial charge in [-0.15, -0.1) is 0 Å². The van der Waals surface area contributed by atoms with Crippen molar-refractivity contribution in [3.05, 3.63) is 34.8 Å². The van der Waals surface area contributed by atoms with Crippen LogP contribution in [0.5, 0.6) is 11.5 Å².